The molecule has 0 aromatic rings. The first-order chi connectivity index (χ1) is 8.72. The molecule has 2 aliphatic rings. The van der Waals surface area contributed by atoms with Crippen molar-refractivity contribution in [3.05, 3.63) is 12.7 Å². The molecule has 0 aliphatic carbocycles. The Morgan fingerprint density at radius 2 is 2.28 bits per heavy atom. The second-order valence-corrected chi connectivity index (χ2v) is 4.90. The normalized spacial score (nSPS) is 25.7. The van der Waals surface area contributed by atoms with Crippen molar-refractivity contribution in [2.45, 2.75) is 25.3 Å². The van der Waals surface area contributed by atoms with E-state index in [1.807, 2.05) is 6.08 Å². The lowest BCUT2D eigenvalue weighted by Crippen LogP contribution is -2.47. The van der Waals surface area contributed by atoms with E-state index in [1.54, 1.807) is 4.90 Å². The van der Waals surface area contributed by atoms with Crippen LogP contribution < -0.4 is 5.32 Å². The first-order valence-corrected chi connectivity index (χ1v) is 6.63. The Morgan fingerprint density at radius 3 is 3.06 bits per heavy atom. The molecule has 2 amide bonds. The maximum atomic E-state index is 12.5. The molecule has 0 bridgehead atoms. The van der Waals surface area contributed by atoms with E-state index in [0.29, 0.717) is 13.1 Å². The molecule has 0 unspecified atom stereocenters. The predicted molar refractivity (Wildman–Crippen MR) is 69.0 cm³/mol. The lowest BCUT2D eigenvalue weighted by Gasteiger charge is -2.28. The highest BCUT2D eigenvalue weighted by atomic mass is 16.2. The van der Waals surface area contributed by atoms with E-state index in [-0.39, 0.29) is 24.4 Å². The van der Waals surface area contributed by atoms with Crippen LogP contribution in [-0.4, -0.2) is 60.4 Å². The molecule has 2 rings (SSSR count). The summed E-state index contributed by atoms with van der Waals surface area (Å²) >= 11 is 0. The first kappa shape index (κ1) is 13.1. The molecule has 5 nitrogen and oxygen atoms in total. The number of nitrogens with one attached hydrogen (secondary N) is 1. The Morgan fingerprint density at radius 1 is 1.44 bits per heavy atom. The van der Waals surface area contributed by atoms with Gasteiger partial charge in [0.1, 0.15) is 0 Å². The van der Waals surface area contributed by atoms with E-state index in [1.165, 1.54) is 0 Å². The van der Waals surface area contributed by atoms with E-state index in [2.05, 4.69) is 16.8 Å². The molecule has 0 spiro atoms. The monoisotopic (exact) mass is 251 g/mol. The third kappa shape index (κ3) is 2.90. The Balaban J connectivity index is 2.00. The molecular formula is C13H21N3O2. The number of likely N-dealkylation sites (tertiary alicyclic amines) is 1. The number of rotatable bonds is 3. The van der Waals surface area contributed by atoms with E-state index < -0.39 is 0 Å². The highest BCUT2D eigenvalue weighted by Gasteiger charge is 2.33. The lowest BCUT2D eigenvalue weighted by molar-refractivity contribution is -0.138. The van der Waals surface area contributed by atoms with Gasteiger partial charge in [0.15, 0.2) is 0 Å². The summed E-state index contributed by atoms with van der Waals surface area (Å²) in [5, 5.41) is 2.79. The van der Waals surface area contributed by atoms with Gasteiger partial charge in [-0.2, -0.15) is 0 Å². The van der Waals surface area contributed by atoms with Crippen molar-refractivity contribution in [1.29, 1.82) is 0 Å². The van der Waals surface area contributed by atoms with Crippen molar-refractivity contribution in [1.82, 2.24) is 15.1 Å². The fourth-order valence-electron chi connectivity index (χ4n) is 2.70. The molecule has 2 heterocycles. The summed E-state index contributed by atoms with van der Waals surface area (Å²) in [4.78, 5) is 27.8. The van der Waals surface area contributed by atoms with E-state index >= 15 is 0 Å². The second kappa shape index (κ2) is 6.00. The molecule has 100 valence electrons. The van der Waals surface area contributed by atoms with Crippen LogP contribution in [0.2, 0.25) is 0 Å². The van der Waals surface area contributed by atoms with Crippen LogP contribution in [0.4, 0.5) is 0 Å². The van der Waals surface area contributed by atoms with Crippen molar-refractivity contribution < 1.29 is 9.59 Å². The number of nitrogens with zero attached hydrogens (tertiary/aromatic N) is 2. The van der Waals surface area contributed by atoms with E-state index in [9.17, 15) is 9.59 Å². The van der Waals surface area contributed by atoms with Gasteiger partial charge < -0.3 is 10.2 Å². The van der Waals surface area contributed by atoms with E-state index in [0.717, 1.165) is 32.4 Å². The highest BCUT2D eigenvalue weighted by molar-refractivity contribution is 5.88. The maximum absolute atomic E-state index is 12.5. The largest absolute Gasteiger partial charge is 0.354 e. The van der Waals surface area contributed by atoms with Gasteiger partial charge in [0.05, 0.1) is 12.6 Å². The lowest BCUT2D eigenvalue weighted by atomic mass is 10.2. The first-order valence-electron chi connectivity index (χ1n) is 6.63. The van der Waals surface area contributed by atoms with Crippen molar-refractivity contribution in [2.75, 3.05) is 32.7 Å². The van der Waals surface area contributed by atoms with Crippen LogP contribution in [0.25, 0.3) is 0 Å². The smallest absolute Gasteiger partial charge is 0.240 e. The Bertz CT molecular complexity index is 343. The molecule has 5 heteroatoms. The van der Waals surface area contributed by atoms with Gasteiger partial charge in [-0.3, -0.25) is 14.5 Å². The Hall–Kier alpha value is -1.36. The zero-order valence-electron chi connectivity index (χ0n) is 10.7. The van der Waals surface area contributed by atoms with Gasteiger partial charge in [0.25, 0.3) is 0 Å². The molecule has 2 saturated heterocycles. The minimum atomic E-state index is -0.0612. The molecule has 1 N–H and O–H groups in total. The zero-order valence-corrected chi connectivity index (χ0v) is 10.7. The molecule has 2 fully saturated rings. The van der Waals surface area contributed by atoms with Gasteiger partial charge in [-0.25, -0.2) is 0 Å². The molecule has 0 aromatic carbocycles. The molecule has 0 aromatic heterocycles. The SMILES string of the molecule is C=CCN1CCC[C@H]1C(=O)N1CCCNC(=O)C1. The topological polar surface area (TPSA) is 52.7 Å². The van der Waals surface area contributed by atoms with Crippen LogP contribution >= 0.6 is 0 Å². The van der Waals surface area contributed by atoms with Gasteiger partial charge in [0, 0.05) is 19.6 Å². The highest BCUT2D eigenvalue weighted by Crippen LogP contribution is 2.19. The summed E-state index contributed by atoms with van der Waals surface area (Å²) in [7, 11) is 0. The van der Waals surface area contributed by atoms with Crippen LogP contribution in [0.5, 0.6) is 0 Å². The third-order valence-corrected chi connectivity index (χ3v) is 3.59. The zero-order chi connectivity index (χ0) is 13.0. The van der Waals surface area contributed by atoms with Gasteiger partial charge >= 0.3 is 0 Å². The van der Waals surface area contributed by atoms with Crippen LogP contribution in [0.1, 0.15) is 19.3 Å². The number of carbonyl (C=O) groups excluding carboxylic acids is 2. The number of amides is 2. The minimum absolute atomic E-state index is 0.0471. The summed E-state index contributed by atoms with van der Waals surface area (Å²) in [6.45, 7) is 6.97. The number of hydrogen-bond donors (Lipinski definition) is 1. The third-order valence-electron chi connectivity index (χ3n) is 3.59. The summed E-state index contributed by atoms with van der Waals surface area (Å²) in [6.07, 6.45) is 4.61. The number of carbonyl (C=O) groups is 2. The van der Waals surface area contributed by atoms with E-state index in [4.69, 9.17) is 0 Å². The minimum Gasteiger partial charge on any atom is -0.354 e. The second-order valence-electron chi connectivity index (χ2n) is 4.90. The predicted octanol–water partition coefficient (Wildman–Crippen LogP) is -0.0147. The summed E-state index contributed by atoms with van der Waals surface area (Å²) in [5.74, 6) is 0.0560. The Kier molecular flexibility index (Phi) is 4.36. The standard InChI is InChI=1S/C13H21N3O2/c1-2-7-15-8-3-5-11(15)13(18)16-9-4-6-14-12(17)10-16/h2,11H,1,3-10H2,(H,14,17)/t11-/m0/s1. The van der Waals surface area contributed by atoms with Crippen molar-refractivity contribution >= 4 is 11.8 Å². The van der Waals surface area contributed by atoms with Gasteiger partial charge in [-0.15, -0.1) is 6.58 Å². The average Bonchev–Trinajstić information content (AvgIpc) is 2.70. The molecule has 2 aliphatic heterocycles. The fourth-order valence-corrected chi connectivity index (χ4v) is 2.70. The van der Waals surface area contributed by atoms with Gasteiger partial charge in [-0.1, -0.05) is 6.08 Å². The fraction of sp³-hybridized carbons (Fsp3) is 0.692. The van der Waals surface area contributed by atoms with Crippen molar-refractivity contribution in [3.8, 4) is 0 Å². The van der Waals surface area contributed by atoms with Crippen LogP contribution in [0, 0.1) is 0 Å². The maximum Gasteiger partial charge on any atom is 0.240 e. The summed E-state index contributed by atoms with van der Waals surface area (Å²) < 4.78 is 0. The molecular weight excluding hydrogens is 230 g/mol. The van der Waals surface area contributed by atoms with Crippen molar-refractivity contribution in [3.63, 3.8) is 0 Å². The molecule has 0 saturated carbocycles. The van der Waals surface area contributed by atoms with Crippen molar-refractivity contribution in [2.24, 2.45) is 0 Å². The quantitative estimate of drug-likeness (QED) is 0.718. The van der Waals surface area contributed by atoms with Crippen LogP contribution in [0.3, 0.4) is 0 Å². The summed E-state index contributed by atoms with van der Waals surface area (Å²) in [6, 6.07) is -0.0612. The number of hydrogen-bond acceptors (Lipinski definition) is 3. The average molecular weight is 251 g/mol. The van der Waals surface area contributed by atoms with Crippen LogP contribution in [-0.2, 0) is 9.59 Å². The molecule has 0 radical (unpaired) electrons. The van der Waals surface area contributed by atoms with Crippen LogP contribution in [0.15, 0.2) is 12.7 Å². The van der Waals surface area contributed by atoms with Gasteiger partial charge in [0.2, 0.25) is 11.8 Å². The summed E-state index contributed by atoms with van der Waals surface area (Å²) in [5.41, 5.74) is 0. The molecule has 18 heavy (non-hydrogen) atoms. The molecule has 1 atom stereocenters. The Labute approximate surface area is 108 Å². The van der Waals surface area contributed by atoms with Gasteiger partial charge in [-0.05, 0) is 25.8 Å².